The number of nitrogens with one attached hydrogen (secondary N) is 1. The molecule has 5 heteroatoms. The number of hydrogen-bond acceptors (Lipinski definition) is 3. The van der Waals surface area contributed by atoms with Crippen LogP contribution in [0.4, 0.5) is 4.39 Å². The van der Waals surface area contributed by atoms with Crippen molar-refractivity contribution in [3.05, 3.63) is 24.3 Å². The van der Waals surface area contributed by atoms with Crippen molar-refractivity contribution in [1.29, 1.82) is 0 Å². The van der Waals surface area contributed by atoms with Gasteiger partial charge in [-0.25, -0.2) is 4.98 Å². The summed E-state index contributed by atoms with van der Waals surface area (Å²) in [7, 11) is 0. The lowest BCUT2D eigenvalue weighted by molar-refractivity contribution is -0.127. The molecule has 94 valence electrons. The highest BCUT2D eigenvalue weighted by atomic mass is 19.1. The largest absolute Gasteiger partial charge is 0.479 e. The summed E-state index contributed by atoms with van der Waals surface area (Å²) in [6.07, 6.45) is 2.61. The van der Waals surface area contributed by atoms with E-state index in [1.807, 2.05) is 0 Å². The van der Waals surface area contributed by atoms with Crippen LogP contribution in [0.5, 0.6) is 5.75 Å². The molecule has 0 bridgehead atoms. The molecule has 0 radical (unpaired) electrons. The normalized spacial score (nSPS) is 11.9. The molecule has 0 spiro atoms. The summed E-state index contributed by atoms with van der Waals surface area (Å²) in [6, 6.07) is 2.63. The van der Waals surface area contributed by atoms with Crippen LogP contribution in [0.2, 0.25) is 0 Å². The smallest absolute Gasteiger partial charge is 0.260 e. The van der Waals surface area contributed by atoms with E-state index in [4.69, 9.17) is 4.74 Å². The van der Waals surface area contributed by atoms with Crippen molar-refractivity contribution in [2.45, 2.75) is 32.8 Å². The highest BCUT2D eigenvalue weighted by Gasteiger charge is 2.13. The van der Waals surface area contributed by atoms with E-state index in [1.165, 1.54) is 18.3 Å². The molecule has 17 heavy (non-hydrogen) atoms. The van der Waals surface area contributed by atoms with Crippen LogP contribution in [-0.2, 0) is 4.79 Å². The fraction of sp³-hybridized carbons (Fsp3) is 0.500. The summed E-state index contributed by atoms with van der Waals surface area (Å²) in [6.45, 7) is 4.34. The van der Waals surface area contributed by atoms with E-state index in [0.29, 0.717) is 12.3 Å². The van der Waals surface area contributed by atoms with E-state index >= 15 is 0 Å². The van der Waals surface area contributed by atoms with E-state index < -0.39 is 12.1 Å². The minimum absolute atomic E-state index is 0.178. The topological polar surface area (TPSA) is 51.2 Å². The highest BCUT2D eigenvalue weighted by Crippen LogP contribution is 2.10. The fourth-order valence-corrected chi connectivity index (χ4v) is 1.22. The highest BCUT2D eigenvalue weighted by molar-refractivity contribution is 5.80. The Balaban J connectivity index is 2.40. The summed E-state index contributed by atoms with van der Waals surface area (Å²) in [4.78, 5) is 15.0. The van der Waals surface area contributed by atoms with Gasteiger partial charge in [-0.3, -0.25) is 4.79 Å². The Morgan fingerprint density at radius 3 is 2.94 bits per heavy atom. The molecule has 0 aromatic carbocycles. The first-order valence-electron chi connectivity index (χ1n) is 5.69. The van der Waals surface area contributed by atoms with E-state index in [2.05, 4.69) is 17.2 Å². The molecule has 1 aromatic rings. The van der Waals surface area contributed by atoms with Crippen molar-refractivity contribution >= 4 is 5.91 Å². The van der Waals surface area contributed by atoms with Gasteiger partial charge in [-0.1, -0.05) is 13.3 Å². The predicted octanol–water partition coefficient (Wildman–Crippen LogP) is 1.90. The Hall–Kier alpha value is -1.65. The lowest BCUT2D eigenvalue weighted by Gasteiger charge is -2.14. The van der Waals surface area contributed by atoms with Crippen molar-refractivity contribution in [3.8, 4) is 5.75 Å². The number of halogens is 1. The Bertz CT molecular complexity index is 354. The van der Waals surface area contributed by atoms with Crippen LogP contribution in [0.15, 0.2) is 18.3 Å². The molecule has 1 unspecified atom stereocenters. The number of amides is 1. The van der Waals surface area contributed by atoms with Crippen LogP contribution < -0.4 is 10.1 Å². The first-order chi connectivity index (χ1) is 8.13. The minimum atomic E-state index is -0.612. The first-order valence-corrected chi connectivity index (χ1v) is 5.69. The van der Waals surface area contributed by atoms with Gasteiger partial charge < -0.3 is 10.1 Å². The van der Waals surface area contributed by atoms with Crippen LogP contribution in [0.1, 0.15) is 26.7 Å². The molecule has 1 heterocycles. The van der Waals surface area contributed by atoms with Gasteiger partial charge >= 0.3 is 0 Å². The van der Waals surface area contributed by atoms with E-state index in [9.17, 15) is 9.18 Å². The van der Waals surface area contributed by atoms with Gasteiger partial charge in [-0.05, 0) is 25.5 Å². The van der Waals surface area contributed by atoms with Gasteiger partial charge in [0.2, 0.25) is 5.95 Å². The van der Waals surface area contributed by atoms with Gasteiger partial charge in [0.25, 0.3) is 5.91 Å². The minimum Gasteiger partial charge on any atom is -0.479 e. The Labute approximate surface area is 100 Å². The first kappa shape index (κ1) is 13.4. The molecule has 0 fully saturated rings. The van der Waals surface area contributed by atoms with Crippen molar-refractivity contribution in [3.63, 3.8) is 0 Å². The molecule has 4 nitrogen and oxygen atoms in total. The van der Waals surface area contributed by atoms with Crippen LogP contribution in [0.25, 0.3) is 0 Å². The molecule has 1 atom stereocenters. The summed E-state index contributed by atoms with van der Waals surface area (Å²) in [5.41, 5.74) is 0. The second kappa shape index (κ2) is 6.83. The number of nitrogens with zero attached hydrogens (tertiary/aromatic N) is 1. The number of carbonyl (C=O) groups excluding carboxylic acids is 1. The summed E-state index contributed by atoms with van der Waals surface area (Å²) >= 11 is 0. The fourth-order valence-electron chi connectivity index (χ4n) is 1.22. The molecule has 1 rings (SSSR count). The maximum atomic E-state index is 12.5. The Morgan fingerprint density at radius 1 is 1.59 bits per heavy atom. The van der Waals surface area contributed by atoms with Gasteiger partial charge in [0.05, 0.1) is 6.20 Å². The maximum Gasteiger partial charge on any atom is 0.260 e. The number of rotatable bonds is 6. The SMILES string of the molecule is CCCCNC(=O)C(C)Oc1ccc(F)nc1. The zero-order valence-corrected chi connectivity index (χ0v) is 10.1. The van der Waals surface area contributed by atoms with Crippen LogP contribution in [0, 0.1) is 5.95 Å². The molecule has 1 amide bonds. The van der Waals surface area contributed by atoms with Crippen molar-refractivity contribution in [2.24, 2.45) is 0 Å². The number of pyridine rings is 1. The molecular weight excluding hydrogens is 223 g/mol. The van der Waals surface area contributed by atoms with Crippen molar-refractivity contribution < 1.29 is 13.9 Å². The Kier molecular flexibility index (Phi) is 5.39. The monoisotopic (exact) mass is 240 g/mol. The predicted molar refractivity (Wildman–Crippen MR) is 62.2 cm³/mol. The van der Waals surface area contributed by atoms with Crippen LogP contribution in [0.3, 0.4) is 0 Å². The molecule has 0 aliphatic heterocycles. The van der Waals surface area contributed by atoms with Crippen molar-refractivity contribution in [2.75, 3.05) is 6.54 Å². The second-order valence-electron chi connectivity index (χ2n) is 3.72. The lowest BCUT2D eigenvalue weighted by atomic mass is 10.3. The maximum absolute atomic E-state index is 12.5. The zero-order chi connectivity index (χ0) is 12.7. The third kappa shape index (κ3) is 4.80. The molecule has 0 aliphatic rings. The Morgan fingerprint density at radius 2 is 2.35 bits per heavy atom. The van der Waals surface area contributed by atoms with Gasteiger partial charge in [0, 0.05) is 6.54 Å². The van der Waals surface area contributed by atoms with Crippen LogP contribution in [-0.4, -0.2) is 23.5 Å². The number of aromatic nitrogens is 1. The van der Waals surface area contributed by atoms with Crippen molar-refractivity contribution in [1.82, 2.24) is 10.3 Å². The van der Waals surface area contributed by atoms with E-state index in [1.54, 1.807) is 6.92 Å². The number of hydrogen-bond donors (Lipinski definition) is 1. The van der Waals surface area contributed by atoms with E-state index in [-0.39, 0.29) is 5.91 Å². The number of carbonyl (C=O) groups is 1. The average Bonchev–Trinajstić information content (AvgIpc) is 2.32. The summed E-state index contributed by atoms with van der Waals surface area (Å²) in [5.74, 6) is -0.371. The zero-order valence-electron chi connectivity index (χ0n) is 10.1. The number of ether oxygens (including phenoxy) is 1. The molecule has 0 saturated carbocycles. The van der Waals surface area contributed by atoms with Gasteiger partial charge in [-0.2, -0.15) is 4.39 Å². The lowest BCUT2D eigenvalue weighted by Crippen LogP contribution is -2.36. The molecule has 1 aromatic heterocycles. The molecular formula is C12H17FN2O2. The third-order valence-corrected chi connectivity index (χ3v) is 2.21. The van der Waals surface area contributed by atoms with Gasteiger partial charge in [-0.15, -0.1) is 0 Å². The van der Waals surface area contributed by atoms with E-state index in [0.717, 1.165) is 12.8 Å². The van der Waals surface area contributed by atoms with Crippen LogP contribution >= 0.6 is 0 Å². The second-order valence-corrected chi connectivity index (χ2v) is 3.72. The molecule has 0 saturated heterocycles. The average molecular weight is 240 g/mol. The van der Waals surface area contributed by atoms with Gasteiger partial charge in [0.15, 0.2) is 6.10 Å². The van der Waals surface area contributed by atoms with Gasteiger partial charge in [0.1, 0.15) is 5.75 Å². The molecule has 1 N–H and O–H groups in total. The third-order valence-electron chi connectivity index (χ3n) is 2.21. The summed E-state index contributed by atoms with van der Waals surface area (Å²) < 4.78 is 17.9. The standard InChI is InChI=1S/C12H17FN2O2/c1-3-4-7-14-12(16)9(2)17-10-5-6-11(13)15-8-10/h5-6,8-9H,3-4,7H2,1-2H3,(H,14,16). The number of unbranched alkanes of at least 4 members (excludes halogenated alkanes) is 1. The summed E-state index contributed by atoms with van der Waals surface area (Å²) in [5, 5.41) is 2.76. The molecule has 0 aliphatic carbocycles. The quantitative estimate of drug-likeness (QED) is 0.610.